The summed E-state index contributed by atoms with van der Waals surface area (Å²) in [5, 5.41) is 15.7. The molecular formula is C8H10N2O3. The van der Waals surface area contributed by atoms with Gasteiger partial charge in [-0.15, -0.1) is 0 Å². The minimum atomic E-state index is -0.982. The van der Waals surface area contributed by atoms with Gasteiger partial charge in [0.1, 0.15) is 17.5 Å². The Morgan fingerprint density at radius 3 is 3.23 bits per heavy atom. The predicted molar refractivity (Wildman–Crippen MR) is 43.4 cm³/mol. The smallest absolute Gasteiger partial charge is 0.341 e. The molecule has 70 valence electrons. The molecule has 0 amide bonds. The Labute approximate surface area is 74.7 Å². The topological polar surface area (TPSA) is 75.4 Å². The molecule has 1 aromatic rings. The number of carboxylic acids is 1. The minimum absolute atomic E-state index is 0.0462. The van der Waals surface area contributed by atoms with Crippen molar-refractivity contribution in [2.24, 2.45) is 0 Å². The van der Waals surface area contributed by atoms with Crippen molar-refractivity contribution in [2.75, 3.05) is 6.54 Å². The summed E-state index contributed by atoms with van der Waals surface area (Å²) < 4.78 is 4.65. The van der Waals surface area contributed by atoms with Crippen LogP contribution >= 0.6 is 0 Å². The average Bonchev–Trinajstić information content (AvgIpc) is 2.74. The molecule has 2 rings (SSSR count). The second kappa shape index (κ2) is 3.18. The Kier molecular flexibility index (Phi) is 2.02. The van der Waals surface area contributed by atoms with Crippen LogP contribution in [0.25, 0.3) is 0 Å². The molecule has 0 bridgehead atoms. The number of nitrogens with one attached hydrogen (secondary N) is 1. The summed E-state index contributed by atoms with van der Waals surface area (Å²) in [5.74, 6) is -0.982. The van der Waals surface area contributed by atoms with E-state index in [2.05, 4.69) is 15.0 Å². The maximum Gasteiger partial charge on any atom is 0.341 e. The van der Waals surface area contributed by atoms with Gasteiger partial charge in [0.05, 0.1) is 6.04 Å². The van der Waals surface area contributed by atoms with Gasteiger partial charge in [0.25, 0.3) is 0 Å². The molecule has 1 aliphatic heterocycles. The summed E-state index contributed by atoms with van der Waals surface area (Å²) in [4.78, 5) is 10.7. The van der Waals surface area contributed by atoms with Crippen molar-refractivity contribution in [2.45, 2.75) is 18.9 Å². The summed E-state index contributed by atoms with van der Waals surface area (Å²) >= 11 is 0. The van der Waals surface area contributed by atoms with Crippen LogP contribution in [0.2, 0.25) is 0 Å². The van der Waals surface area contributed by atoms with Gasteiger partial charge in [-0.05, 0) is 19.4 Å². The van der Waals surface area contributed by atoms with Crippen molar-refractivity contribution < 1.29 is 14.4 Å². The van der Waals surface area contributed by atoms with E-state index in [1.54, 1.807) is 0 Å². The second-order valence-corrected chi connectivity index (χ2v) is 3.07. The van der Waals surface area contributed by atoms with E-state index in [9.17, 15) is 4.79 Å². The summed E-state index contributed by atoms with van der Waals surface area (Å²) in [6, 6.07) is 0.0462. The maximum atomic E-state index is 10.7. The first-order valence-corrected chi connectivity index (χ1v) is 4.20. The van der Waals surface area contributed by atoms with Gasteiger partial charge in [0.15, 0.2) is 0 Å². The van der Waals surface area contributed by atoms with Crippen LogP contribution in [0, 0.1) is 0 Å². The van der Waals surface area contributed by atoms with E-state index in [0.29, 0.717) is 5.69 Å². The molecule has 0 saturated carbocycles. The molecule has 0 spiro atoms. The van der Waals surface area contributed by atoms with Crippen molar-refractivity contribution >= 4 is 5.97 Å². The summed E-state index contributed by atoms with van der Waals surface area (Å²) in [6.07, 6.45) is 3.15. The number of carbonyl (C=O) groups is 1. The van der Waals surface area contributed by atoms with E-state index in [1.165, 1.54) is 6.26 Å². The zero-order valence-corrected chi connectivity index (χ0v) is 6.99. The Bertz CT molecular complexity index is 315. The fourth-order valence-electron chi connectivity index (χ4n) is 1.57. The fourth-order valence-corrected chi connectivity index (χ4v) is 1.57. The molecule has 0 aromatic carbocycles. The van der Waals surface area contributed by atoms with Crippen molar-refractivity contribution in [3.8, 4) is 0 Å². The standard InChI is InChI=1S/C8H10N2O3/c11-8(12)5-4-13-10-7(5)6-2-1-3-9-6/h4,6,9H,1-3H2,(H,11,12)/t6-/m1/s1. The summed E-state index contributed by atoms with van der Waals surface area (Å²) in [6.45, 7) is 0.913. The van der Waals surface area contributed by atoms with E-state index in [-0.39, 0.29) is 11.6 Å². The molecule has 1 saturated heterocycles. The quantitative estimate of drug-likeness (QED) is 0.707. The second-order valence-electron chi connectivity index (χ2n) is 3.07. The first-order valence-electron chi connectivity index (χ1n) is 4.20. The van der Waals surface area contributed by atoms with Crippen molar-refractivity contribution in [3.63, 3.8) is 0 Å². The predicted octanol–water partition coefficient (Wildman–Crippen LogP) is 0.797. The molecule has 1 atom stereocenters. The highest BCUT2D eigenvalue weighted by molar-refractivity contribution is 5.88. The van der Waals surface area contributed by atoms with Crippen LogP contribution in [0.3, 0.4) is 0 Å². The highest BCUT2D eigenvalue weighted by Gasteiger charge is 2.25. The molecule has 5 heteroatoms. The average molecular weight is 182 g/mol. The van der Waals surface area contributed by atoms with Gasteiger partial charge in [0, 0.05) is 0 Å². The van der Waals surface area contributed by atoms with Crippen molar-refractivity contribution in [3.05, 3.63) is 17.5 Å². The zero-order chi connectivity index (χ0) is 9.26. The number of carboxylic acid groups (broad SMARTS) is 1. The van der Waals surface area contributed by atoms with E-state index >= 15 is 0 Å². The Morgan fingerprint density at radius 2 is 2.62 bits per heavy atom. The van der Waals surface area contributed by atoms with Crippen LogP contribution in [-0.2, 0) is 0 Å². The highest BCUT2D eigenvalue weighted by Crippen LogP contribution is 2.24. The van der Waals surface area contributed by atoms with Crippen LogP contribution < -0.4 is 5.32 Å². The Balaban J connectivity index is 2.28. The summed E-state index contributed by atoms with van der Waals surface area (Å²) in [5.41, 5.74) is 0.685. The lowest BCUT2D eigenvalue weighted by molar-refractivity contribution is 0.0694. The third kappa shape index (κ3) is 1.42. The third-order valence-electron chi connectivity index (χ3n) is 2.22. The van der Waals surface area contributed by atoms with Gasteiger partial charge in [-0.2, -0.15) is 0 Å². The molecule has 1 aliphatic rings. The van der Waals surface area contributed by atoms with Crippen molar-refractivity contribution in [1.29, 1.82) is 0 Å². The van der Waals surface area contributed by atoms with Crippen LogP contribution in [0.4, 0.5) is 0 Å². The minimum Gasteiger partial charge on any atom is -0.478 e. The molecule has 0 radical (unpaired) electrons. The number of aromatic nitrogens is 1. The number of hydrogen-bond acceptors (Lipinski definition) is 4. The van der Waals surface area contributed by atoms with Gasteiger partial charge in [-0.1, -0.05) is 5.16 Å². The van der Waals surface area contributed by atoms with Crippen LogP contribution in [0.15, 0.2) is 10.8 Å². The van der Waals surface area contributed by atoms with Crippen LogP contribution in [0.5, 0.6) is 0 Å². The zero-order valence-electron chi connectivity index (χ0n) is 6.99. The fraction of sp³-hybridized carbons (Fsp3) is 0.500. The molecule has 5 nitrogen and oxygen atoms in total. The van der Waals surface area contributed by atoms with Crippen LogP contribution in [0.1, 0.15) is 34.9 Å². The van der Waals surface area contributed by atoms with Crippen LogP contribution in [-0.4, -0.2) is 22.8 Å². The molecule has 0 unspecified atom stereocenters. The van der Waals surface area contributed by atoms with Crippen molar-refractivity contribution in [1.82, 2.24) is 10.5 Å². The number of nitrogens with zero attached hydrogens (tertiary/aromatic N) is 1. The van der Waals surface area contributed by atoms with Gasteiger partial charge in [0.2, 0.25) is 0 Å². The Hall–Kier alpha value is -1.36. The molecule has 2 N–H and O–H groups in total. The third-order valence-corrected chi connectivity index (χ3v) is 2.22. The van der Waals surface area contributed by atoms with E-state index in [4.69, 9.17) is 5.11 Å². The SMILES string of the molecule is O=C(O)c1conc1[C@H]1CCCN1. The number of rotatable bonds is 2. The molecular weight excluding hydrogens is 172 g/mol. The monoisotopic (exact) mass is 182 g/mol. The normalized spacial score (nSPS) is 22.0. The molecule has 13 heavy (non-hydrogen) atoms. The largest absolute Gasteiger partial charge is 0.478 e. The van der Waals surface area contributed by atoms with Gasteiger partial charge >= 0.3 is 5.97 Å². The first-order chi connectivity index (χ1) is 6.29. The highest BCUT2D eigenvalue weighted by atomic mass is 16.5. The maximum absolute atomic E-state index is 10.7. The van der Waals surface area contributed by atoms with E-state index in [1.807, 2.05) is 0 Å². The lowest BCUT2D eigenvalue weighted by Gasteiger charge is -2.05. The number of aromatic carboxylic acids is 1. The van der Waals surface area contributed by atoms with Gasteiger partial charge < -0.3 is 14.9 Å². The molecule has 1 fully saturated rings. The summed E-state index contributed by atoms with van der Waals surface area (Å²) in [7, 11) is 0. The molecule has 2 heterocycles. The number of hydrogen-bond donors (Lipinski definition) is 2. The lowest BCUT2D eigenvalue weighted by atomic mass is 10.1. The van der Waals surface area contributed by atoms with Gasteiger partial charge in [-0.25, -0.2) is 4.79 Å². The molecule has 0 aliphatic carbocycles. The Morgan fingerprint density at radius 1 is 1.77 bits per heavy atom. The first kappa shape index (κ1) is 8.25. The molecule has 1 aromatic heterocycles. The van der Waals surface area contributed by atoms with E-state index in [0.717, 1.165) is 19.4 Å². The van der Waals surface area contributed by atoms with E-state index < -0.39 is 5.97 Å². The van der Waals surface area contributed by atoms with Gasteiger partial charge in [-0.3, -0.25) is 0 Å². The lowest BCUT2D eigenvalue weighted by Crippen LogP contribution is -2.16.